The molecule has 2 aromatic rings. The molecule has 8 nitrogen and oxygen atoms in total. The number of carbonyl (C=O) groups excluding carboxylic acids is 1. The highest BCUT2D eigenvalue weighted by molar-refractivity contribution is 7.90. The van der Waals surface area contributed by atoms with Crippen LogP contribution in [0.15, 0.2) is 35.4 Å². The monoisotopic (exact) mass is 471 g/mol. The summed E-state index contributed by atoms with van der Waals surface area (Å²) in [5, 5.41) is 0. The van der Waals surface area contributed by atoms with Gasteiger partial charge in [0.25, 0.3) is 0 Å². The van der Waals surface area contributed by atoms with E-state index in [1.165, 1.54) is 12.1 Å². The smallest absolute Gasteiger partial charge is 0.368 e. The Morgan fingerprint density at radius 2 is 1.91 bits per heavy atom. The number of amides is 1. The highest BCUT2D eigenvalue weighted by Gasteiger charge is 2.36. The summed E-state index contributed by atoms with van der Waals surface area (Å²) in [4.78, 5) is 22.9. The van der Waals surface area contributed by atoms with Crippen molar-refractivity contribution >= 4 is 27.4 Å². The second kappa shape index (κ2) is 8.57. The number of hydrogen-bond acceptors (Lipinski definition) is 7. The first-order valence-corrected chi connectivity index (χ1v) is 11.7. The van der Waals surface area contributed by atoms with E-state index in [1.54, 1.807) is 11.0 Å². The molecule has 0 spiro atoms. The standard InChI is InChI=1S/C20H24F3N5O3S/c1-12(2)15-11-27(13-4-5-14(18(24)29)16(10-13)32(3,30)31)8-9-28(15)19-25-7-6-17(26-19)20(21,22)23/h4-7,10,12,15H,8-9,11H2,1-3H3,(H2,24,29). The van der Waals surface area contributed by atoms with Gasteiger partial charge in [-0.05, 0) is 30.2 Å². The van der Waals surface area contributed by atoms with Crippen molar-refractivity contribution in [2.24, 2.45) is 11.7 Å². The Balaban J connectivity index is 1.93. The average molecular weight is 472 g/mol. The first-order chi connectivity index (χ1) is 14.8. The predicted molar refractivity (Wildman–Crippen MR) is 113 cm³/mol. The van der Waals surface area contributed by atoms with Crippen molar-refractivity contribution < 1.29 is 26.4 Å². The van der Waals surface area contributed by atoms with Crippen LogP contribution in [0.2, 0.25) is 0 Å². The molecule has 1 fully saturated rings. The van der Waals surface area contributed by atoms with Gasteiger partial charge in [-0.2, -0.15) is 13.2 Å². The topological polar surface area (TPSA) is 109 Å². The first-order valence-electron chi connectivity index (χ1n) is 9.84. The third-order valence-corrected chi connectivity index (χ3v) is 6.51. The Labute approximate surface area is 184 Å². The summed E-state index contributed by atoms with van der Waals surface area (Å²) < 4.78 is 63.6. The van der Waals surface area contributed by atoms with Crippen LogP contribution in [0.4, 0.5) is 24.8 Å². The first kappa shape index (κ1) is 23.8. The van der Waals surface area contributed by atoms with Crippen molar-refractivity contribution in [2.75, 3.05) is 35.7 Å². The fourth-order valence-electron chi connectivity index (χ4n) is 3.73. The van der Waals surface area contributed by atoms with Gasteiger partial charge in [-0.1, -0.05) is 13.8 Å². The molecule has 1 aliphatic rings. The van der Waals surface area contributed by atoms with Crippen molar-refractivity contribution in [3.05, 3.63) is 41.7 Å². The Morgan fingerprint density at radius 1 is 1.22 bits per heavy atom. The zero-order valence-corrected chi connectivity index (χ0v) is 18.6. The number of aromatic nitrogens is 2. The molecule has 174 valence electrons. The molecule has 1 aromatic heterocycles. The van der Waals surface area contributed by atoms with Crippen LogP contribution in [0.5, 0.6) is 0 Å². The van der Waals surface area contributed by atoms with Gasteiger partial charge in [-0.15, -0.1) is 0 Å². The van der Waals surface area contributed by atoms with Crippen LogP contribution in [-0.4, -0.2) is 56.2 Å². The zero-order valence-electron chi connectivity index (χ0n) is 17.8. The fourth-order valence-corrected chi connectivity index (χ4v) is 4.63. The Bertz CT molecular complexity index is 1120. The summed E-state index contributed by atoms with van der Waals surface area (Å²) in [6.45, 7) is 4.99. The molecule has 1 unspecified atom stereocenters. The van der Waals surface area contributed by atoms with Gasteiger partial charge in [0.2, 0.25) is 11.9 Å². The van der Waals surface area contributed by atoms with Gasteiger partial charge < -0.3 is 15.5 Å². The number of benzene rings is 1. The van der Waals surface area contributed by atoms with E-state index in [0.717, 1.165) is 18.5 Å². The lowest BCUT2D eigenvalue weighted by Crippen LogP contribution is -2.56. The van der Waals surface area contributed by atoms with E-state index in [1.807, 2.05) is 18.7 Å². The van der Waals surface area contributed by atoms with Crippen LogP contribution in [0, 0.1) is 5.92 Å². The molecule has 0 bridgehead atoms. The molecule has 1 atom stereocenters. The molecule has 1 aliphatic heterocycles. The second-order valence-electron chi connectivity index (χ2n) is 8.01. The fraction of sp³-hybridized carbons (Fsp3) is 0.450. The summed E-state index contributed by atoms with van der Waals surface area (Å²) in [6, 6.07) is 4.99. The quantitative estimate of drug-likeness (QED) is 0.713. The van der Waals surface area contributed by atoms with Crippen molar-refractivity contribution in [3.63, 3.8) is 0 Å². The summed E-state index contributed by atoms with van der Waals surface area (Å²) >= 11 is 0. The molecule has 0 aliphatic carbocycles. The maximum absolute atomic E-state index is 13.1. The van der Waals surface area contributed by atoms with E-state index in [2.05, 4.69) is 9.97 Å². The minimum Gasteiger partial charge on any atom is -0.368 e. The van der Waals surface area contributed by atoms with Crippen LogP contribution in [0.25, 0.3) is 0 Å². The molecule has 1 saturated heterocycles. The van der Waals surface area contributed by atoms with Gasteiger partial charge in [0.05, 0.1) is 16.5 Å². The van der Waals surface area contributed by atoms with Crippen LogP contribution in [-0.2, 0) is 16.0 Å². The largest absolute Gasteiger partial charge is 0.433 e. The minimum absolute atomic E-state index is 0.000855. The molecule has 0 radical (unpaired) electrons. The van der Waals surface area contributed by atoms with Gasteiger partial charge in [0.15, 0.2) is 9.84 Å². The maximum Gasteiger partial charge on any atom is 0.433 e. The Kier molecular flexibility index (Phi) is 6.36. The van der Waals surface area contributed by atoms with E-state index >= 15 is 0 Å². The SMILES string of the molecule is CC(C)C1CN(c2ccc(C(N)=O)c(S(C)(=O)=O)c2)CCN1c1nccc(C(F)(F)F)n1. The molecular weight excluding hydrogens is 447 g/mol. The molecule has 3 rings (SSSR count). The minimum atomic E-state index is -4.57. The molecular formula is C20H24F3N5O3S. The lowest BCUT2D eigenvalue weighted by molar-refractivity contribution is -0.141. The van der Waals surface area contributed by atoms with Crippen LogP contribution in [0.1, 0.15) is 29.9 Å². The van der Waals surface area contributed by atoms with Gasteiger partial charge >= 0.3 is 6.18 Å². The molecule has 1 amide bonds. The number of rotatable bonds is 5. The van der Waals surface area contributed by atoms with Crippen LogP contribution < -0.4 is 15.5 Å². The van der Waals surface area contributed by atoms with Crippen molar-refractivity contribution in [2.45, 2.75) is 31.0 Å². The number of hydrogen-bond donors (Lipinski definition) is 1. The number of carbonyl (C=O) groups is 1. The molecule has 1 aromatic carbocycles. The number of nitrogens with two attached hydrogens (primary N) is 1. The Hall–Kier alpha value is -2.89. The van der Waals surface area contributed by atoms with E-state index in [0.29, 0.717) is 25.3 Å². The lowest BCUT2D eigenvalue weighted by Gasteiger charge is -2.44. The summed E-state index contributed by atoms with van der Waals surface area (Å²) in [5.74, 6) is -0.808. The summed E-state index contributed by atoms with van der Waals surface area (Å²) in [5.41, 5.74) is 4.79. The van der Waals surface area contributed by atoms with Gasteiger partial charge in [0.1, 0.15) is 5.69 Å². The van der Waals surface area contributed by atoms with E-state index < -0.39 is 27.6 Å². The molecule has 2 heterocycles. The van der Waals surface area contributed by atoms with Gasteiger partial charge in [-0.25, -0.2) is 18.4 Å². The maximum atomic E-state index is 13.1. The molecule has 2 N–H and O–H groups in total. The van der Waals surface area contributed by atoms with E-state index in [4.69, 9.17) is 5.73 Å². The van der Waals surface area contributed by atoms with E-state index in [9.17, 15) is 26.4 Å². The van der Waals surface area contributed by atoms with Crippen molar-refractivity contribution in [1.29, 1.82) is 0 Å². The number of primary amides is 1. The number of halogens is 3. The van der Waals surface area contributed by atoms with Gasteiger partial charge in [0, 0.05) is 37.8 Å². The van der Waals surface area contributed by atoms with Crippen molar-refractivity contribution in [1.82, 2.24) is 9.97 Å². The van der Waals surface area contributed by atoms with Gasteiger partial charge in [-0.3, -0.25) is 4.79 Å². The number of anilines is 2. The number of alkyl halides is 3. The lowest BCUT2D eigenvalue weighted by atomic mass is 9.99. The van der Waals surface area contributed by atoms with Crippen LogP contribution in [0.3, 0.4) is 0 Å². The van der Waals surface area contributed by atoms with Crippen LogP contribution >= 0.6 is 0 Å². The second-order valence-corrected chi connectivity index (χ2v) is 9.99. The molecule has 0 saturated carbocycles. The number of nitrogens with zero attached hydrogens (tertiary/aromatic N) is 4. The van der Waals surface area contributed by atoms with E-state index in [-0.39, 0.29) is 28.4 Å². The highest BCUT2D eigenvalue weighted by Crippen LogP contribution is 2.31. The number of piperazine rings is 1. The summed E-state index contributed by atoms with van der Waals surface area (Å²) in [6.07, 6.45) is -2.48. The average Bonchev–Trinajstić information content (AvgIpc) is 2.71. The van der Waals surface area contributed by atoms with Crippen molar-refractivity contribution in [3.8, 4) is 0 Å². The Morgan fingerprint density at radius 3 is 2.47 bits per heavy atom. The third-order valence-electron chi connectivity index (χ3n) is 5.37. The zero-order chi connectivity index (χ0) is 23.8. The predicted octanol–water partition coefficient (Wildman–Crippen LogP) is 2.35. The third kappa shape index (κ3) is 4.95. The highest BCUT2D eigenvalue weighted by atomic mass is 32.2. The normalized spacial score (nSPS) is 17.7. The number of sulfone groups is 1. The summed E-state index contributed by atoms with van der Waals surface area (Å²) in [7, 11) is -3.71. The molecule has 12 heteroatoms. The molecule has 32 heavy (non-hydrogen) atoms.